The summed E-state index contributed by atoms with van der Waals surface area (Å²) in [6.45, 7) is 3.58. The molecule has 2 amide bonds. The van der Waals surface area contributed by atoms with Crippen LogP contribution in [-0.4, -0.2) is 89.1 Å². The smallest absolute Gasteiger partial charge is 0.239 e. The second-order valence-electron chi connectivity index (χ2n) is 8.97. The highest BCUT2D eigenvalue weighted by molar-refractivity contribution is 5.83. The quantitative estimate of drug-likeness (QED) is 0.746. The Balaban J connectivity index is 1.35. The van der Waals surface area contributed by atoms with Crippen molar-refractivity contribution in [2.75, 3.05) is 33.2 Å². The van der Waals surface area contributed by atoms with Gasteiger partial charge in [-0.1, -0.05) is 30.3 Å². The first-order valence-electron chi connectivity index (χ1n) is 11.3. The summed E-state index contributed by atoms with van der Waals surface area (Å²) < 4.78 is 0. The van der Waals surface area contributed by atoms with E-state index >= 15 is 0 Å². The number of hydrogen-bond acceptors (Lipinski definition) is 5. The van der Waals surface area contributed by atoms with Gasteiger partial charge in [-0.25, -0.2) is 0 Å². The Morgan fingerprint density at radius 1 is 1.13 bits per heavy atom. The van der Waals surface area contributed by atoms with Crippen LogP contribution in [0.15, 0.2) is 30.3 Å². The third-order valence-electron chi connectivity index (χ3n) is 7.09. The van der Waals surface area contributed by atoms with Crippen molar-refractivity contribution in [3.8, 4) is 0 Å². The molecule has 0 aromatic heterocycles. The van der Waals surface area contributed by atoms with Crippen molar-refractivity contribution < 1.29 is 14.7 Å². The number of carbonyl (C=O) groups is 2. The van der Waals surface area contributed by atoms with Crippen LogP contribution < -0.4 is 5.32 Å². The van der Waals surface area contributed by atoms with Crippen molar-refractivity contribution in [3.05, 3.63) is 35.9 Å². The largest absolute Gasteiger partial charge is 0.393 e. The number of nitrogens with zero attached hydrogens (tertiary/aromatic N) is 3. The summed E-state index contributed by atoms with van der Waals surface area (Å²) in [4.78, 5) is 32.0. The molecular formula is C23H34N4O3. The summed E-state index contributed by atoms with van der Waals surface area (Å²) in [5, 5.41) is 12.8. The van der Waals surface area contributed by atoms with E-state index in [9.17, 15) is 14.7 Å². The molecule has 1 aromatic carbocycles. The number of aliphatic hydroxyl groups excluding tert-OH is 1. The Labute approximate surface area is 179 Å². The molecule has 0 radical (unpaired) electrons. The lowest BCUT2D eigenvalue weighted by atomic mass is 10.0. The average Bonchev–Trinajstić information content (AvgIpc) is 3.12. The molecule has 0 saturated carbocycles. The number of carbonyl (C=O) groups excluding carboxylic acids is 2. The van der Waals surface area contributed by atoms with Gasteiger partial charge >= 0.3 is 0 Å². The highest BCUT2D eigenvalue weighted by Crippen LogP contribution is 2.28. The van der Waals surface area contributed by atoms with Crippen LogP contribution in [0.1, 0.15) is 37.7 Å². The minimum absolute atomic E-state index is 0.110. The number of fused-ring (bicyclic) bond motifs is 1. The van der Waals surface area contributed by atoms with Gasteiger partial charge in [-0.05, 0) is 38.3 Å². The monoisotopic (exact) mass is 414 g/mol. The highest BCUT2D eigenvalue weighted by Gasteiger charge is 2.44. The zero-order chi connectivity index (χ0) is 21.1. The van der Waals surface area contributed by atoms with E-state index in [1.807, 2.05) is 23.1 Å². The summed E-state index contributed by atoms with van der Waals surface area (Å²) in [7, 11) is 2.11. The standard InChI is InChI=1S/C23H34N4O3/c1-25-18(7-8-21(29)26-12-9-19(28)10-13-26)15-24-23(30)22-20(25)11-14-27(22)16-17-5-3-2-4-6-17/h2-6,18-20,22,28H,7-16H2,1H3,(H,24,30). The molecule has 3 unspecified atom stereocenters. The van der Waals surface area contributed by atoms with Crippen LogP contribution in [0, 0.1) is 0 Å². The van der Waals surface area contributed by atoms with E-state index in [0.29, 0.717) is 38.9 Å². The SMILES string of the molecule is CN1C(CCC(=O)N2CCC(O)CC2)CNC(=O)C2C1CCN2Cc1ccccc1. The lowest BCUT2D eigenvalue weighted by Gasteiger charge is -2.34. The average molecular weight is 415 g/mol. The third-order valence-corrected chi connectivity index (χ3v) is 7.09. The lowest BCUT2D eigenvalue weighted by molar-refractivity contribution is -0.133. The fraction of sp³-hybridized carbons (Fsp3) is 0.652. The predicted molar refractivity (Wildman–Crippen MR) is 115 cm³/mol. The van der Waals surface area contributed by atoms with Crippen LogP contribution in [0.3, 0.4) is 0 Å². The molecule has 3 atom stereocenters. The molecule has 2 N–H and O–H groups in total. The molecule has 3 aliphatic heterocycles. The van der Waals surface area contributed by atoms with Gasteiger partial charge in [-0.3, -0.25) is 19.4 Å². The number of rotatable bonds is 5. The first-order chi connectivity index (χ1) is 14.5. The maximum Gasteiger partial charge on any atom is 0.239 e. The number of amides is 2. The maximum absolute atomic E-state index is 12.9. The summed E-state index contributed by atoms with van der Waals surface area (Å²) >= 11 is 0. The van der Waals surface area contributed by atoms with Crippen LogP contribution in [0.5, 0.6) is 0 Å². The Morgan fingerprint density at radius 3 is 2.60 bits per heavy atom. The number of likely N-dealkylation sites (tertiary alicyclic amines) is 2. The summed E-state index contributed by atoms with van der Waals surface area (Å²) in [6, 6.07) is 10.5. The molecule has 0 aliphatic carbocycles. The second-order valence-corrected chi connectivity index (χ2v) is 8.97. The van der Waals surface area contributed by atoms with Crippen LogP contribution in [0.25, 0.3) is 0 Å². The number of aliphatic hydroxyl groups is 1. The van der Waals surface area contributed by atoms with Gasteiger partial charge in [0.2, 0.25) is 11.8 Å². The molecule has 3 heterocycles. The topological polar surface area (TPSA) is 76.1 Å². The fourth-order valence-corrected chi connectivity index (χ4v) is 5.21. The molecule has 4 rings (SSSR count). The lowest BCUT2D eigenvalue weighted by Crippen LogP contribution is -2.49. The molecule has 0 bridgehead atoms. The molecular weight excluding hydrogens is 380 g/mol. The Hall–Kier alpha value is -1.96. The molecule has 164 valence electrons. The summed E-state index contributed by atoms with van der Waals surface area (Å²) in [5.41, 5.74) is 1.23. The number of likely N-dealkylation sites (N-methyl/N-ethyl adjacent to an activating group) is 1. The minimum Gasteiger partial charge on any atom is -0.393 e. The maximum atomic E-state index is 12.9. The molecule has 3 aliphatic rings. The van der Waals surface area contributed by atoms with Gasteiger partial charge in [0.15, 0.2) is 0 Å². The number of hydrogen-bond donors (Lipinski definition) is 2. The van der Waals surface area contributed by atoms with Crippen LogP contribution in [-0.2, 0) is 16.1 Å². The first kappa shape index (κ1) is 21.3. The van der Waals surface area contributed by atoms with E-state index in [-0.39, 0.29) is 36.0 Å². The zero-order valence-corrected chi connectivity index (χ0v) is 17.9. The number of piperidine rings is 1. The van der Waals surface area contributed by atoms with E-state index in [0.717, 1.165) is 25.9 Å². The summed E-state index contributed by atoms with van der Waals surface area (Å²) in [5.74, 6) is 0.277. The van der Waals surface area contributed by atoms with Crippen molar-refractivity contribution in [1.82, 2.24) is 20.0 Å². The van der Waals surface area contributed by atoms with Crippen molar-refractivity contribution in [3.63, 3.8) is 0 Å². The number of nitrogens with one attached hydrogen (secondary N) is 1. The molecule has 1 aromatic rings. The van der Waals surface area contributed by atoms with Gasteiger partial charge < -0.3 is 15.3 Å². The Morgan fingerprint density at radius 2 is 1.87 bits per heavy atom. The van der Waals surface area contributed by atoms with Crippen molar-refractivity contribution in [2.24, 2.45) is 0 Å². The predicted octanol–water partition coefficient (Wildman–Crippen LogP) is 0.823. The fourth-order valence-electron chi connectivity index (χ4n) is 5.21. The highest BCUT2D eigenvalue weighted by atomic mass is 16.3. The van der Waals surface area contributed by atoms with Crippen LogP contribution in [0.2, 0.25) is 0 Å². The van der Waals surface area contributed by atoms with Gasteiger partial charge in [0, 0.05) is 51.2 Å². The molecule has 30 heavy (non-hydrogen) atoms. The van der Waals surface area contributed by atoms with Gasteiger partial charge in [-0.15, -0.1) is 0 Å². The van der Waals surface area contributed by atoms with Gasteiger partial charge in [-0.2, -0.15) is 0 Å². The normalized spacial score (nSPS) is 28.8. The first-order valence-corrected chi connectivity index (χ1v) is 11.3. The Bertz CT molecular complexity index is 735. The zero-order valence-electron chi connectivity index (χ0n) is 17.9. The molecule has 7 heteroatoms. The number of benzene rings is 1. The summed E-state index contributed by atoms with van der Waals surface area (Å²) in [6.07, 6.45) is 3.28. The molecule has 7 nitrogen and oxygen atoms in total. The van der Waals surface area contributed by atoms with E-state index in [2.05, 4.69) is 34.3 Å². The molecule has 0 spiro atoms. The van der Waals surface area contributed by atoms with Gasteiger partial charge in [0.25, 0.3) is 0 Å². The Kier molecular flexibility index (Phi) is 6.71. The molecule has 3 fully saturated rings. The van der Waals surface area contributed by atoms with E-state index < -0.39 is 0 Å². The second kappa shape index (κ2) is 9.45. The third kappa shape index (κ3) is 4.68. The van der Waals surface area contributed by atoms with Crippen molar-refractivity contribution in [2.45, 2.75) is 62.9 Å². The van der Waals surface area contributed by atoms with E-state index in [4.69, 9.17) is 0 Å². The van der Waals surface area contributed by atoms with Gasteiger partial charge in [0.05, 0.1) is 6.10 Å². The van der Waals surface area contributed by atoms with E-state index in [1.54, 1.807) is 0 Å². The van der Waals surface area contributed by atoms with Crippen LogP contribution in [0.4, 0.5) is 0 Å². The molecule has 3 saturated heterocycles. The van der Waals surface area contributed by atoms with E-state index in [1.165, 1.54) is 5.56 Å². The minimum atomic E-state index is -0.268. The van der Waals surface area contributed by atoms with Crippen LogP contribution >= 0.6 is 0 Å². The van der Waals surface area contributed by atoms with Crippen molar-refractivity contribution >= 4 is 11.8 Å². The van der Waals surface area contributed by atoms with Crippen molar-refractivity contribution in [1.29, 1.82) is 0 Å². The van der Waals surface area contributed by atoms with Gasteiger partial charge in [0.1, 0.15) is 6.04 Å².